The highest BCUT2D eigenvalue weighted by Crippen LogP contribution is 2.52. The number of guanidine groups is 1. The standard InChI is InChI=1S/C21H33N3O.HI/c1-6-22-20(23-9-7-16-12-14(2)11-15(3)13-16)24-18-17-8-10-25-19(17)21(18,4)5;/h11-13,17-19H,6-10H2,1-5H3,(H2,22,23,24);1H. The van der Waals surface area contributed by atoms with Crippen LogP contribution in [0.2, 0.25) is 0 Å². The molecule has 1 aliphatic carbocycles. The van der Waals surface area contributed by atoms with E-state index in [4.69, 9.17) is 9.73 Å². The van der Waals surface area contributed by atoms with Crippen molar-refractivity contribution in [2.24, 2.45) is 16.3 Å². The second-order valence-corrected chi connectivity index (χ2v) is 8.19. The van der Waals surface area contributed by atoms with Crippen molar-refractivity contribution in [2.75, 3.05) is 19.7 Å². The smallest absolute Gasteiger partial charge is 0.191 e. The highest BCUT2D eigenvalue weighted by molar-refractivity contribution is 14.0. The predicted molar refractivity (Wildman–Crippen MR) is 120 cm³/mol. The molecule has 1 heterocycles. The minimum absolute atomic E-state index is 0. The number of hydrogen-bond donors (Lipinski definition) is 2. The van der Waals surface area contributed by atoms with E-state index < -0.39 is 0 Å². The molecule has 26 heavy (non-hydrogen) atoms. The van der Waals surface area contributed by atoms with Crippen LogP contribution in [-0.4, -0.2) is 37.8 Å². The Balaban J connectivity index is 0.00000243. The molecule has 0 aromatic heterocycles. The van der Waals surface area contributed by atoms with Gasteiger partial charge < -0.3 is 15.4 Å². The van der Waals surface area contributed by atoms with Gasteiger partial charge in [0.1, 0.15) is 0 Å². The average Bonchev–Trinajstić information content (AvgIpc) is 2.98. The predicted octanol–water partition coefficient (Wildman–Crippen LogP) is 3.83. The summed E-state index contributed by atoms with van der Waals surface area (Å²) in [5.74, 6) is 1.56. The fraction of sp³-hybridized carbons (Fsp3) is 0.667. The zero-order valence-electron chi connectivity index (χ0n) is 16.8. The molecule has 5 heteroatoms. The van der Waals surface area contributed by atoms with E-state index in [1.54, 1.807) is 0 Å². The van der Waals surface area contributed by atoms with E-state index in [0.717, 1.165) is 38.5 Å². The number of rotatable bonds is 5. The number of aliphatic imine (C=N–C) groups is 1. The van der Waals surface area contributed by atoms with E-state index in [0.29, 0.717) is 18.1 Å². The van der Waals surface area contributed by atoms with Crippen LogP contribution in [0.25, 0.3) is 0 Å². The van der Waals surface area contributed by atoms with Crippen molar-refractivity contribution in [3.8, 4) is 0 Å². The third-order valence-electron chi connectivity index (χ3n) is 5.69. The first-order valence-corrected chi connectivity index (χ1v) is 9.65. The summed E-state index contributed by atoms with van der Waals surface area (Å²) in [6, 6.07) is 7.19. The van der Waals surface area contributed by atoms with Crippen LogP contribution in [0.3, 0.4) is 0 Å². The quantitative estimate of drug-likeness (QED) is 0.390. The largest absolute Gasteiger partial charge is 0.377 e. The highest BCUT2D eigenvalue weighted by Gasteiger charge is 2.59. The molecule has 1 aromatic rings. The fourth-order valence-corrected chi connectivity index (χ4v) is 4.59. The second-order valence-electron chi connectivity index (χ2n) is 8.19. The van der Waals surface area contributed by atoms with Crippen LogP contribution < -0.4 is 10.6 Å². The number of aryl methyl sites for hydroxylation is 2. The van der Waals surface area contributed by atoms with Gasteiger partial charge in [0.15, 0.2) is 5.96 Å². The molecular weight excluding hydrogens is 437 g/mol. The Bertz CT molecular complexity index is 624. The number of benzene rings is 1. The number of nitrogens with one attached hydrogen (secondary N) is 2. The summed E-state index contributed by atoms with van der Waals surface area (Å²) in [6.45, 7) is 13.6. The number of ether oxygens (including phenoxy) is 1. The molecule has 2 N–H and O–H groups in total. The van der Waals surface area contributed by atoms with Gasteiger partial charge in [0.05, 0.1) is 6.10 Å². The average molecular weight is 471 g/mol. The molecule has 0 radical (unpaired) electrons. The molecular formula is C21H34IN3O. The Morgan fingerprint density at radius 2 is 1.92 bits per heavy atom. The zero-order chi connectivity index (χ0) is 18.0. The van der Waals surface area contributed by atoms with E-state index in [2.05, 4.69) is 63.5 Å². The van der Waals surface area contributed by atoms with Gasteiger partial charge >= 0.3 is 0 Å². The Morgan fingerprint density at radius 3 is 2.58 bits per heavy atom. The molecule has 1 saturated carbocycles. The first-order valence-electron chi connectivity index (χ1n) is 9.65. The topological polar surface area (TPSA) is 45.7 Å². The number of fused-ring (bicyclic) bond motifs is 1. The highest BCUT2D eigenvalue weighted by atomic mass is 127. The van der Waals surface area contributed by atoms with Crippen molar-refractivity contribution in [3.63, 3.8) is 0 Å². The summed E-state index contributed by atoms with van der Waals surface area (Å²) >= 11 is 0. The van der Waals surface area contributed by atoms with Gasteiger partial charge in [0.2, 0.25) is 0 Å². The monoisotopic (exact) mass is 471 g/mol. The van der Waals surface area contributed by atoms with E-state index >= 15 is 0 Å². The Morgan fingerprint density at radius 1 is 1.23 bits per heavy atom. The van der Waals surface area contributed by atoms with E-state index in [-0.39, 0.29) is 29.4 Å². The molecule has 146 valence electrons. The lowest BCUT2D eigenvalue weighted by Gasteiger charge is -2.54. The summed E-state index contributed by atoms with van der Waals surface area (Å²) in [5, 5.41) is 7.09. The lowest BCUT2D eigenvalue weighted by atomic mass is 9.57. The maximum Gasteiger partial charge on any atom is 0.191 e. The van der Waals surface area contributed by atoms with Crippen LogP contribution in [0.5, 0.6) is 0 Å². The molecule has 2 aliphatic rings. The normalized spacial score (nSPS) is 26.5. The fourth-order valence-electron chi connectivity index (χ4n) is 4.59. The van der Waals surface area contributed by atoms with Crippen LogP contribution >= 0.6 is 24.0 Å². The van der Waals surface area contributed by atoms with Gasteiger partial charge in [0, 0.05) is 37.1 Å². The van der Waals surface area contributed by atoms with Gasteiger partial charge in [-0.25, -0.2) is 0 Å². The van der Waals surface area contributed by atoms with Crippen LogP contribution in [0, 0.1) is 25.2 Å². The van der Waals surface area contributed by atoms with Crippen LogP contribution in [0.4, 0.5) is 0 Å². The first-order chi connectivity index (χ1) is 11.9. The molecule has 1 saturated heterocycles. The molecule has 0 amide bonds. The maximum atomic E-state index is 5.90. The summed E-state index contributed by atoms with van der Waals surface area (Å²) in [6.07, 6.45) is 2.54. The van der Waals surface area contributed by atoms with Gasteiger partial charge in [-0.05, 0) is 39.2 Å². The van der Waals surface area contributed by atoms with E-state index in [1.807, 2.05) is 0 Å². The first kappa shape index (κ1) is 21.5. The van der Waals surface area contributed by atoms with E-state index in [9.17, 15) is 0 Å². The summed E-state index contributed by atoms with van der Waals surface area (Å²) in [7, 11) is 0. The zero-order valence-corrected chi connectivity index (χ0v) is 19.1. The van der Waals surface area contributed by atoms with Crippen molar-refractivity contribution in [3.05, 3.63) is 34.9 Å². The molecule has 1 aromatic carbocycles. The number of hydrogen-bond acceptors (Lipinski definition) is 2. The molecule has 1 aliphatic heterocycles. The van der Waals surface area contributed by atoms with Crippen LogP contribution in [0.15, 0.2) is 23.2 Å². The SMILES string of the molecule is CCNC(=NCCc1cc(C)cc(C)c1)NC1C2CCOC2C1(C)C.I. The van der Waals surface area contributed by atoms with Gasteiger partial charge in [-0.3, -0.25) is 4.99 Å². The molecule has 4 nitrogen and oxygen atoms in total. The molecule has 3 atom stereocenters. The van der Waals surface area contributed by atoms with Gasteiger partial charge in [-0.15, -0.1) is 24.0 Å². The molecule has 0 bridgehead atoms. The van der Waals surface area contributed by atoms with Crippen molar-refractivity contribution >= 4 is 29.9 Å². The lowest BCUT2D eigenvalue weighted by Crippen LogP contribution is -2.68. The molecule has 3 rings (SSSR count). The van der Waals surface area contributed by atoms with Crippen molar-refractivity contribution < 1.29 is 4.74 Å². The second kappa shape index (κ2) is 8.91. The van der Waals surface area contributed by atoms with Gasteiger partial charge in [-0.2, -0.15) is 0 Å². The molecule has 0 spiro atoms. The van der Waals surface area contributed by atoms with Crippen LogP contribution in [-0.2, 0) is 11.2 Å². The minimum Gasteiger partial charge on any atom is -0.377 e. The minimum atomic E-state index is 0. The van der Waals surface area contributed by atoms with Gasteiger partial charge in [0.25, 0.3) is 0 Å². The number of nitrogens with zero attached hydrogens (tertiary/aromatic N) is 1. The Labute approximate surface area is 175 Å². The molecule has 2 fully saturated rings. The van der Waals surface area contributed by atoms with E-state index in [1.165, 1.54) is 16.7 Å². The number of halogens is 1. The summed E-state index contributed by atoms with van der Waals surface area (Å²) in [4.78, 5) is 4.82. The molecule has 3 unspecified atom stereocenters. The van der Waals surface area contributed by atoms with Gasteiger partial charge in [-0.1, -0.05) is 43.2 Å². The Kier molecular flexibility index (Phi) is 7.36. The van der Waals surface area contributed by atoms with Crippen LogP contribution in [0.1, 0.15) is 43.9 Å². The van der Waals surface area contributed by atoms with Crippen molar-refractivity contribution in [1.29, 1.82) is 0 Å². The Hall–Kier alpha value is -0.820. The van der Waals surface area contributed by atoms with Crippen molar-refractivity contribution in [1.82, 2.24) is 10.6 Å². The summed E-state index contributed by atoms with van der Waals surface area (Å²) in [5.41, 5.74) is 4.19. The third-order valence-corrected chi connectivity index (χ3v) is 5.69. The van der Waals surface area contributed by atoms with Crippen molar-refractivity contribution in [2.45, 2.75) is 59.6 Å². The lowest BCUT2D eigenvalue weighted by molar-refractivity contribution is -0.106. The summed E-state index contributed by atoms with van der Waals surface area (Å²) < 4.78 is 5.90. The third kappa shape index (κ3) is 4.53. The maximum absolute atomic E-state index is 5.90.